The van der Waals surface area contributed by atoms with Crippen LogP contribution in [0.1, 0.15) is 11.1 Å². The van der Waals surface area contributed by atoms with E-state index in [0.717, 1.165) is 29.9 Å². The predicted molar refractivity (Wildman–Crippen MR) is 109 cm³/mol. The van der Waals surface area contributed by atoms with Crippen molar-refractivity contribution in [2.24, 2.45) is 0 Å². The molecule has 148 valence electrons. The molecule has 1 saturated heterocycles. The summed E-state index contributed by atoms with van der Waals surface area (Å²) in [6, 6.07) is 15.3. The van der Waals surface area contributed by atoms with Crippen LogP contribution < -0.4 is 15.0 Å². The lowest BCUT2D eigenvalue weighted by atomic mass is 10.1. The maximum atomic E-state index is 12.4. The van der Waals surface area contributed by atoms with E-state index in [-0.39, 0.29) is 18.4 Å². The predicted octanol–water partition coefficient (Wildman–Crippen LogP) is 1.05. The lowest BCUT2D eigenvalue weighted by Crippen LogP contribution is -3.15. The lowest BCUT2D eigenvalue weighted by Gasteiger charge is -2.31. The maximum Gasteiger partial charge on any atom is 0.279 e. The normalized spacial score (nSPS) is 14.6. The number of rotatable bonds is 6. The van der Waals surface area contributed by atoms with Crippen molar-refractivity contribution >= 4 is 17.5 Å². The molecule has 0 bridgehead atoms. The van der Waals surface area contributed by atoms with Gasteiger partial charge in [0.2, 0.25) is 0 Å². The van der Waals surface area contributed by atoms with E-state index in [1.165, 1.54) is 4.90 Å². The second-order valence-corrected chi connectivity index (χ2v) is 7.22. The Morgan fingerprint density at radius 1 is 1.00 bits per heavy atom. The van der Waals surface area contributed by atoms with Gasteiger partial charge in [0, 0.05) is 5.69 Å². The first-order valence-electron chi connectivity index (χ1n) is 9.68. The van der Waals surface area contributed by atoms with Crippen LogP contribution in [0, 0.1) is 13.8 Å². The van der Waals surface area contributed by atoms with Crippen molar-refractivity contribution in [1.82, 2.24) is 4.90 Å². The fourth-order valence-electron chi connectivity index (χ4n) is 3.42. The average Bonchev–Trinajstić information content (AvgIpc) is 2.70. The number of anilines is 1. The van der Waals surface area contributed by atoms with Gasteiger partial charge in [-0.2, -0.15) is 0 Å². The van der Waals surface area contributed by atoms with E-state index >= 15 is 0 Å². The molecule has 1 fully saturated rings. The zero-order valence-electron chi connectivity index (χ0n) is 16.5. The van der Waals surface area contributed by atoms with Crippen molar-refractivity contribution in [3.63, 3.8) is 0 Å². The molecule has 0 radical (unpaired) electrons. The van der Waals surface area contributed by atoms with Gasteiger partial charge in [-0.15, -0.1) is 0 Å². The minimum absolute atomic E-state index is 0.0112. The van der Waals surface area contributed by atoms with E-state index in [9.17, 15) is 9.59 Å². The highest BCUT2D eigenvalue weighted by Crippen LogP contribution is 2.18. The Morgan fingerprint density at radius 3 is 2.29 bits per heavy atom. The summed E-state index contributed by atoms with van der Waals surface area (Å²) >= 11 is 0. The van der Waals surface area contributed by atoms with Gasteiger partial charge in [0.05, 0.1) is 26.2 Å². The van der Waals surface area contributed by atoms with Crippen LogP contribution in [0.25, 0.3) is 0 Å². The zero-order chi connectivity index (χ0) is 19.9. The number of hydrogen-bond donors (Lipinski definition) is 2. The molecule has 2 amide bonds. The number of para-hydroxylation sites is 2. The monoisotopic (exact) mass is 382 g/mol. The van der Waals surface area contributed by atoms with Gasteiger partial charge in [-0.25, -0.2) is 0 Å². The molecule has 28 heavy (non-hydrogen) atoms. The molecule has 6 nitrogen and oxygen atoms in total. The van der Waals surface area contributed by atoms with Crippen molar-refractivity contribution in [3.8, 4) is 5.75 Å². The van der Waals surface area contributed by atoms with Crippen LogP contribution in [0.2, 0.25) is 0 Å². The third kappa shape index (κ3) is 5.33. The van der Waals surface area contributed by atoms with Crippen LogP contribution >= 0.6 is 0 Å². The van der Waals surface area contributed by atoms with E-state index in [1.807, 2.05) is 67.3 Å². The van der Waals surface area contributed by atoms with Crippen molar-refractivity contribution < 1.29 is 19.2 Å². The molecule has 1 aliphatic rings. The number of carbonyl (C=O) groups is 2. The molecule has 0 spiro atoms. The topological polar surface area (TPSA) is 63.1 Å². The first-order chi connectivity index (χ1) is 13.5. The molecular weight excluding hydrogens is 354 g/mol. The molecule has 6 heteroatoms. The fourth-order valence-corrected chi connectivity index (χ4v) is 3.42. The summed E-state index contributed by atoms with van der Waals surface area (Å²) in [4.78, 5) is 27.8. The summed E-state index contributed by atoms with van der Waals surface area (Å²) in [5.41, 5.74) is 3.04. The van der Waals surface area contributed by atoms with E-state index in [0.29, 0.717) is 25.4 Å². The minimum atomic E-state index is -0.0112. The van der Waals surface area contributed by atoms with E-state index < -0.39 is 0 Å². The molecule has 0 atom stereocenters. The van der Waals surface area contributed by atoms with Gasteiger partial charge >= 0.3 is 0 Å². The summed E-state index contributed by atoms with van der Waals surface area (Å²) in [5, 5.41) is 3.04. The van der Waals surface area contributed by atoms with Crippen LogP contribution in [0.5, 0.6) is 5.75 Å². The number of benzene rings is 2. The highest BCUT2D eigenvalue weighted by atomic mass is 16.5. The van der Waals surface area contributed by atoms with Gasteiger partial charge in [0.15, 0.2) is 13.2 Å². The second kappa shape index (κ2) is 9.37. The Hall–Kier alpha value is -2.86. The number of quaternary nitrogens is 1. The van der Waals surface area contributed by atoms with E-state index in [4.69, 9.17) is 4.74 Å². The molecular formula is C22H28N3O3+. The van der Waals surface area contributed by atoms with Gasteiger partial charge in [-0.1, -0.05) is 36.4 Å². The molecule has 3 rings (SSSR count). The number of carbonyl (C=O) groups excluding carboxylic acids is 2. The number of nitrogens with one attached hydrogen (secondary N) is 2. The molecule has 1 aliphatic heterocycles. The molecule has 2 N–H and O–H groups in total. The van der Waals surface area contributed by atoms with Crippen molar-refractivity contribution in [2.45, 2.75) is 13.8 Å². The molecule has 0 aromatic heterocycles. The summed E-state index contributed by atoms with van der Waals surface area (Å²) in [6.45, 7) is 7.26. The number of amides is 2. The van der Waals surface area contributed by atoms with Crippen molar-refractivity contribution in [1.29, 1.82) is 0 Å². The van der Waals surface area contributed by atoms with Crippen LogP contribution in [-0.2, 0) is 9.59 Å². The Labute approximate surface area is 166 Å². The Balaban J connectivity index is 1.42. The highest BCUT2D eigenvalue weighted by molar-refractivity contribution is 5.93. The summed E-state index contributed by atoms with van der Waals surface area (Å²) in [6.07, 6.45) is 0. The first kappa shape index (κ1) is 19.9. The third-order valence-corrected chi connectivity index (χ3v) is 5.08. The lowest BCUT2D eigenvalue weighted by molar-refractivity contribution is -0.895. The Bertz CT molecular complexity index is 795. The second-order valence-electron chi connectivity index (χ2n) is 7.22. The van der Waals surface area contributed by atoms with Crippen molar-refractivity contribution in [2.75, 3.05) is 44.6 Å². The Morgan fingerprint density at radius 2 is 1.64 bits per heavy atom. The van der Waals surface area contributed by atoms with Crippen LogP contribution in [-0.4, -0.2) is 56.0 Å². The number of hydrogen-bond acceptors (Lipinski definition) is 3. The van der Waals surface area contributed by atoms with Crippen LogP contribution in [0.15, 0.2) is 48.5 Å². The van der Waals surface area contributed by atoms with Gasteiger partial charge < -0.3 is 19.9 Å². The average molecular weight is 382 g/mol. The smallest absolute Gasteiger partial charge is 0.279 e. The number of ether oxygens (including phenoxy) is 1. The summed E-state index contributed by atoms with van der Waals surface area (Å²) in [5.74, 6) is 0.700. The molecule has 0 unspecified atom stereocenters. The van der Waals surface area contributed by atoms with E-state index in [2.05, 4.69) is 5.32 Å². The number of piperazine rings is 1. The quantitative estimate of drug-likeness (QED) is 0.785. The van der Waals surface area contributed by atoms with Gasteiger partial charge in [0.1, 0.15) is 5.75 Å². The zero-order valence-corrected chi connectivity index (χ0v) is 16.5. The maximum absolute atomic E-state index is 12.4. The van der Waals surface area contributed by atoms with Gasteiger partial charge in [0.25, 0.3) is 11.8 Å². The molecule has 1 heterocycles. The third-order valence-electron chi connectivity index (χ3n) is 5.08. The van der Waals surface area contributed by atoms with Crippen LogP contribution in [0.4, 0.5) is 5.69 Å². The SMILES string of the molecule is Cc1cccc(C)c1NC(=O)C[NH+]1CCN(C(=O)COc2ccccc2)CC1. The minimum Gasteiger partial charge on any atom is -0.484 e. The van der Waals surface area contributed by atoms with Gasteiger partial charge in [-0.05, 0) is 37.1 Å². The number of nitrogens with zero attached hydrogens (tertiary/aromatic N) is 1. The summed E-state index contributed by atoms with van der Waals surface area (Å²) in [7, 11) is 0. The summed E-state index contributed by atoms with van der Waals surface area (Å²) < 4.78 is 5.54. The molecule has 0 saturated carbocycles. The molecule has 0 aliphatic carbocycles. The Kier molecular flexibility index (Phi) is 6.66. The van der Waals surface area contributed by atoms with Gasteiger partial charge in [-0.3, -0.25) is 9.59 Å². The fraction of sp³-hybridized carbons (Fsp3) is 0.364. The number of aryl methyl sites for hydroxylation is 2. The highest BCUT2D eigenvalue weighted by Gasteiger charge is 2.25. The van der Waals surface area contributed by atoms with Crippen LogP contribution in [0.3, 0.4) is 0 Å². The molecule has 2 aromatic rings. The van der Waals surface area contributed by atoms with Crippen molar-refractivity contribution in [3.05, 3.63) is 59.7 Å². The largest absolute Gasteiger partial charge is 0.484 e. The van der Waals surface area contributed by atoms with E-state index in [1.54, 1.807) is 0 Å². The molecule has 2 aromatic carbocycles. The first-order valence-corrected chi connectivity index (χ1v) is 9.68. The standard InChI is InChI=1S/C22H27N3O3/c1-17-7-6-8-18(2)22(17)23-20(26)15-24-11-13-25(14-12-24)21(27)16-28-19-9-4-3-5-10-19/h3-10H,11-16H2,1-2H3,(H,23,26)/p+1.